The molecule has 0 aliphatic carbocycles. The molecule has 9 nitrogen and oxygen atoms in total. The van der Waals surface area contributed by atoms with Crippen LogP contribution in [0.3, 0.4) is 0 Å². The Morgan fingerprint density at radius 3 is 2.26 bits per heavy atom. The molecule has 31 heavy (non-hydrogen) atoms. The van der Waals surface area contributed by atoms with E-state index in [1.165, 1.54) is 26.2 Å². The summed E-state index contributed by atoms with van der Waals surface area (Å²) in [5.41, 5.74) is 0.600. The van der Waals surface area contributed by atoms with Gasteiger partial charge < -0.3 is 8.92 Å². The summed E-state index contributed by atoms with van der Waals surface area (Å²) in [6.45, 7) is 1.48. The third-order valence-electron chi connectivity index (χ3n) is 4.05. The zero-order valence-corrected chi connectivity index (χ0v) is 17.0. The van der Waals surface area contributed by atoms with Crippen molar-refractivity contribution in [1.29, 1.82) is 0 Å². The molecule has 0 amide bonds. The number of ether oxygens (including phenoxy) is 1. The summed E-state index contributed by atoms with van der Waals surface area (Å²) in [6, 6.07) is 12.8. The van der Waals surface area contributed by atoms with Crippen LogP contribution in [0.15, 0.2) is 63.7 Å². The van der Waals surface area contributed by atoms with Crippen molar-refractivity contribution in [3.63, 3.8) is 0 Å². The predicted molar refractivity (Wildman–Crippen MR) is 121 cm³/mol. The Balaban J connectivity index is 0.00000240. The number of methoxy groups -OCH3 is 1. The van der Waals surface area contributed by atoms with E-state index in [1.807, 2.05) is 12.1 Å². The predicted octanol–water partition coefficient (Wildman–Crippen LogP) is 2.43. The number of fused-ring (bicyclic) bond motifs is 1. The van der Waals surface area contributed by atoms with E-state index in [2.05, 4.69) is 10.2 Å². The van der Waals surface area contributed by atoms with Crippen molar-refractivity contribution in [2.45, 2.75) is 11.8 Å². The summed E-state index contributed by atoms with van der Waals surface area (Å²) in [6.07, 6.45) is 0. The maximum absolute atomic E-state index is 11.5. The molecule has 0 aliphatic rings. The van der Waals surface area contributed by atoms with E-state index >= 15 is 0 Å². The van der Waals surface area contributed by atoms with Gasteiger partial charge in [-0.25, -0.2) is 0 Å². The molecule has 3 aromatic rings. The van der Waals surface area contributed by atoms with Gasteiger partial charge in [0.1, 0.15) is 22.0 Å². The summed E-state index contributed by atoms with van der Waals surface area (Å²) >= 11 is 0. The number of hydrogen-bond acceptors (Lipinski definition) is 8. The van der Waals surface area contributed by atoms with E-state index < -0.39 is 21.1 Å². The first-order valence-corrected chi connectivity index (χ1v) is 10.7. The first kappa shape index (κ1) is 28.0. The van der Waals surface area contributed by atoms with Gasteiger partial charge in [0, 0.05) is 11.5 Å². The average molecular weight is 484 g/mol. The summed E-state index contributed by atoms with van der Waals surface area (Å²) in [5.74, 6) is 0.0541. The van der Waals surface area contributed by atoms with Gasteiger partial charge in [0.05, 0.1) is 7.11 Å². The Morgan fingerprint density at radius 2 is 1.65 bits per heavy atom. The molecule has 3 aromatic carbocycles. The Hall–Kier alpha value is -1.02. The van der Waals surface area contributed by atoms with Crippen molar-refractivity contribution in [3.8, 4) is 11.5 Å². The number of nitrogens with zero attached hydrogens (tertiary/aromatic N) is 2. The van der Waals surface area contributed by atoms with Gasteiger partial charge in [-0.15, -0.1) is 10.2 Å². The number of benzene rings is 3. The second kappa shape index (κ2) is 11.7. The molecule has 3 rings (SSSR count). The molecular weight excluding hydrogens is 466 g/mol. The van der Waals surface area contributed by atoms with Crippen molar-refractivity contribution < 1.29 is 30.3 Å². The minimum atomic E-state index is -4.44. The molecule has 0 saturated carbocycles. The number of azo groups is 1. The summed E-state index contributed by atoms with van der Waals surface area (Å²) < 4.78 is 64.4. The van der Waals surface area contributed by atoms with Gasteiger partial charge in [-0.05, 0) is 30.0 Å². The fraction of sp³-hybridized carbons (Fsp3) is 0.111. The molecular formula is C18H18N2Na2O7S2. The molecule has 0 aliphatic heterocycles. The fourth-order valence-electron chi connectivity index (χ4n) is 2.77. The number of thiol groups is 1. The SMILES string of the molecule is COc1cc(S(=O)(=O)O)c(C)cc1N=Nc1c(O[SH](=O)=O)ccc2ccccc12.[NaH].[NaH]. The summed E-state index contributed by atoms with van der Waals surface area (Å²) in [7, 11) is -6.29. The second-order valence-corrected chi connectivity index (χ2v) is 7.93. The summed E-state index contributed by atoms with van der Waals surface area (Å²) in [4.78, 5) is -0.314. The fourth-order valence-corrected chi connectivity index (χ4v) is 3.80. The first-order chi connectivity index (χ1) is 13.7. The van der Waals surface area contributed by atoms with Crippen molar-refractivity contribution in [1.82, 2.24) is 0 Å². The van der Waals surface area contributed by atoms with Gasteiger partial charge in [-0.2, -0.15) is 16.8 Å². The Kier molecular flexibility index (Phi) is 10.6. The molecule has 0 heterocycles. The van der Waals surface area contributed by atoms with E-state index in [0.717, 1.165) is 11.5 Å². The van der Waals surface area contributed by atoms with Gasteiger partial charge in [0.25, 0.3) is 21.1 Å². The van der Waals surface area contributed by atoms with Gasteiger partial charge in [-0.1, -0.05) is 30.3 Å². The zero-order chi connectivity index (χ0) is 21.2. The normalized spacial score (nSPS) is 11.2. The van der Waals surface area contributed by atoms with Crippen LogP contribution in [-0.2, 0) is 21.1 Å². The molecule has 0 unspecified atom stereocenters. The average Bonchev–Trinajstić information content (AvgIpc) is 2.65. The molecule has 13 heteroatoms. The minimum absolute atomic E-state index is 0. The topological polar surface area (TPSA) is 132 Å². The summed E-state index contributed by atoms with van der Waals surface area (Å²) in [5, 5.41) is 9.63. The number of rotatable bonds is 6. The van der Waals surface area contributed by atoms with E-state index in [0.29, 0.717) is 5.39 Å². The monoisotopic (exact) mass is 484 g/mol. The van der Waals surface area contributed by atoms with Crippen LogP contribution in [-0.4, -0.2) is 87.6 Å². The van der Waals surface area contributed by atoms with Crippen LogP contribution in [0.2, 0.25) is 0 Å². The molecule has 156 valence electrons. The van der Waals surface area contributed by atoms with Crippen LogP contribution in [0, 0.1) is 6.92 Å². The molecule has 0 bridgehead atoms. The molecule has 0 spiro atoms. The standard InChI is InChI=1S/C18H16N2O7S2.2Na.2H/c1-11-9-14(16(26-2)10-17(11)29(23,24)25)19-20-18-13-6-4-3-5-12(13)7-8-15(18)27-28(21)22;;;;/h3-10,28H,1-2H3,(H,23,24,25);;;;. The Labute approximate surface area is 225 Å². The van der Waals surface area contributed by atoms with E-state index in [-0.39, 0.29) is 92.4 Å². The number of hydrogen-bond donors (Lipinski definition) is 2. The maximum atomic E-state index is 11.5. The molecule has 0 radical (unpaired) electrons. The van der Waals surface area contributed by atoms with Crippen molar-refractivity contribution in [3.05, 3.63) is 54.1 Å². The van der Waals surface area contributed by atoms with Gasteiger partial charge in [0.15, 0.2) is 5.75 Å². The van der Waals surface area contributed by atoms with Gasteiger partial charge in [-0.3, -0.25) is 4.55 Å². The quantitative estimate of drug-likeness (QED) is 0.238. The first-order valence-electron chi connectivity index (χ1n) is 8.12. The molecule has 1 N–H and O–H groups in total. The third-order valence-corrected chi connectivity index (χ3v) is 5.39. The Bertz CT molecular complexity index is 1300. The van der Waals surface area contributed by atoms with Crippen LogP contribution in [0.4, 0.5) is 11.4 Å². The van der Waals surface area contributed by atoms with E-state index in [9.17, 15) is 21.4 Å². The zero-order valence-electron chi connectivity index (χ0n) is 15.3. The van der Waals surface area contributed by atoms with Crippen LogP contribution < -0.4 is 8.92 Å². The van der Waals surface area contributed by atoms with Crippen LogP contribution in [0.1, 0.15) is 5.56 Å². The van der Waals surface area contributed by atoms with Crippen molar-refractivity contribution in [2.24, 2.45) is 10.2 Å². The van der Waals surface area contributed by atoms with Crippen LogP contribution in [0.25, 0.3) is 10.8 Å². The number of aryl methyl sites for hydroxylation is 1. The van der Waals surface area contributed by atoms with Crippen LogP contribution >= 0.6 is 0 Å². The third kappa shape index (κ3) is 6.73. The molecule has 0 fully saturated rings. The van der Waals surface area contributed by atoms with Gasteiger partial charge >= 0.3 is 59.1 Å². The van der Waals surface area contributed by atoms with Gasteiger partial charge in [0.2, 0.25) is 0 Å². The molecule has 0 aromatic heterocycles. The Morgan fingerprint density at radius 1 is 0.968 bits per heavy atom. The second-order valence-electron chi connectivity index (χ2n) is 5.91. The molecule has 0 saturated heterocycles. The van der Waals surface area contributed by atoms with Crippen molar-refractivity contribution >= 4 is 102 Å². The van der Waals surface area contributed by atoms with Crippen molar-refractivity contribution in [2.75, 3.05) is 7.11 Å². The molecule has 0 atom stereocenters. The van der Waals surface area contributed by atoms with E-state index in [1.54, 1.807) is 18.2 Å². The van der Waals surface area contributed by atoms with Crippen LogP contribution in [0.5, 0.6) is 11.5 Å². The van der Waals surface area contributed by atoms with E-state index in [4.69, 9.17) is 8.92 Å².